The van der Waals surface area contributed by atoms with Gasteiger partial charge in [-0.1, -0.05) is 0 Å². The van der Waals surface area contributed by atoms with E-state index in [2.05, 4.69) is 15.3 Å². The van der Waals surface area contributed by atoms with E-state index >= 15 is 0 Å². The molecule has 0 aliphatic heterocycles. The lowest BCUT2D eigenvalue weighted by Gasteiger charge is -1.96. The fraction of sp³-hybridized carbons (Fsp3) is 0.0909. The van der Waals surface area contributed by atoms with Crippen molar-refractivity contribution < 1.29 is 5.11 Å². The van der Waals surface area contributed by atoms with Crippen molar-refractivity contribution >= 4 is 38.6 Å². The van der Waals surface area contributed by atoms with Gasteiger partial charge in [-0.05, 0) is 24.1 Å². The molecule has 0 radical (unpaired) electrons. The van der Waals surface area contributed by atoms with Gasteiger partial charge in [-0.25, -0.2) is 9.97 Å². The molecular formula is C11H8N3OS2-. The molecule has 0 saturated carbocycles. The van der Waals surface area contributed by atoms with Crippen molar-refractivity contribution in [2.45, 2.75) is 0 Å². The van der Waals surface area contributed by atoms with Gasteiger partial charge >= 0.3 is 0 Å². The van der Waals surface area contributed by atoms with Crippen LogP contribution in [0.3, 0.4) is 0 Å². The molecule has 3 rings (SSSR count). The summed E-state index contributed by atoms with van der Waals surface area (Å²) < 4.78 is 1.09. The van der Waals surface area contributed by atoms with Crippen molar-refractivity contribution in [1.82, 2.24) is 9.97 Å². The Morgan fingerprint density at radius 2 is 2.12 bits per heavy atom. The molecule has 2 heterocycles. The summed E-state index contributed by atoms with van der Waals surface area (Å²) in [4.78, 5) is 8.39. The number of benzene rings is 1. The molecule has 0 spiro atoms. The molecule has 0 fully saturated rings. The monoisotopic (exact) mass is 262 g/mol. The van der Waals surface area contributed by atoms with E-state index in [1.807, 2.05) is 25.2 Å². The van der Waals surface area contributed by atoms with E-state index in [4.69, 9.17) is 0 Å². The molecule has 0 aliphatic carbocycles. The smallest absolute Gasteiger partial charge is 0.153 e. The van der Waals surface area contributed by atoms with Crippen LogP contribution in [-0.2, 0) is 0 Å². The summed E-state index contributed by atoms with van der Waals surface area (Å²) in [5, 5.41) is 17.1. The molecule has 1 N–H and O–H groups in total. The van der Waals surface area contributed by atoms with Crippen LogP contribution in [0.1, 0.15) is 0 Å². The fourth-order valence-corrected chi connectivity index (χ4v) is 3.24. The second kappa shape index (κ2) is 3.97. The van der Waals surface area contributed by atoms with E-state index in [1.54, 1.807) is 11.3 Å². The van der Waals surface area contributed by atoms with Crippen molar-refractivity contribution in [2.75, 3.05) is 12.4 Å². The first-order valence-corrected chi connectivity index (χ1v) is 6.67. The average Bonchev–Trinajstić information content (AvgIpc) is 2.93. The van der Waals surface area contributed by atoms with Gasteiger partial charge in [0, 0.05) is 18.1 Å². The summed E-state index contributed by atoms with van der Waals surface area (Å²) >= 11 is 2.89. The lowest BCUT2D eigenvalue weighted by atomic mass is 10.3. The minimum Gasteiger partial charge on any atom is -0.858 e. The average molecular weight is 262 g/mol. The van der Waals surface area contributed by atoms with Gasteiger partial charge in [-0.15, -0.1) is 22.7 Å². The van der Waals surface area contributed by atoms with Gasteiger partial charge in [-0.3, -0.25) is 0 Å². The first-order valence-electron chi connectivity index (χ1n) is 4.97. The molecule has 0 aliphatic rings. The number of anilines is 1. The third kappa shape index (κ3) is 1.85. The van der Waals surface area contributed by atoms with Crippen LogP contribution in [0.5, 0.6) is 5.88 Å². The van der Waals surface area contributed by atoms with Crippen molar-refractivity contribution in [3.63, 3.8) is 0 Å². The highest BCUT2D eigenvalue weighted by molar-refractivity contribution is 7.25. The van der Waals surface area contributed by atoms with E-state index in [0.29, 0.717) is 5.01 Å². The highest BCUT2D eigenvalue weighted by atomic mass is 32.1. The lowest BCUT2D eigenvalue weighted by molar-refractivity contribution is -0.274. The molecule has 86 valence electrons. The second-order valence-electron chi connectivity index (χ2n) is 3.44. The van der Waals surface area contributed by atoms with E-state index in [0.717, 1.165) is 20.9 Å². The largest absolute Gasteiger partial charge is 0.858 e. The Kier molecular flexibility index (Phi) is 2.45. The number of nitrogens with zero attached hydrogens (tertiary/aromatic N) is 2. The zero-order chi connectivity index (χ0) is 11.8. The zero-order valence-corrected chi connectivity index (χ0v) is 10.6. The van der Waals surface area contributed by atoms with E-state index in [-0.39, 0.29) is 5.88 Å². The van der Waals surface area contributed by atoms with E-state index < -0.39 is 0 Å². The van der Waals surface area contributed by atoms with Crippen molar-refractivity contribution in [3.8, 4) is 15.9 Å². The van der Waals surface area contributed by atoms with Crippen LogP contribution < -0.4 is 10.4 Å². The summed E-state index contributed by atoms with van der Waals surface area (Å²) in [6.07, 6.45) is 0. The second-order valence-corrected chi connectivity index (χ2v) is 5.33. The number of aromatic nitrogens is 2. The Hall–Kier alpha value is -1.66. The van der Waals surface area contributed by atoms with Crippen LogP contribution in [0.2, 0.25) is 0 Å². The maximum absolute atomic E-state index is 11.0. The normalized spacial score (nSPS) is 10.9. The first kappa shape index (κ1) is 10.5. The number of thiazole rings is 2. The van der Waals surface area contributed by atoms with Crippen LogP contribution in [0.4, 0.5) is 5.69 Å². The molecule has 0 amide bonds. The number of nitrogens with one attached hydrogen (secondary N) is 1. The number of fused-ring (bicyclic) bond motifs is 1. The van der Waals surface area contributed by atoms with Crippen LogP contribution in [-0.4, -0.2) is 17.0 Å². The van der Waals surface area contributed by atoms with Gasteiger partial charge in [0.15, 0.2) is 10.0 Å². The molecule has 17 heavy (non-hydrogen) atoms. The first-order chi connectivity index (χ1) is 8.26. The third-order valence-corrected chi connectivity index (χ3v) is 4.32. The minimum atomic E-state index is -0.194. The topological polar surface area (TPSA) is 60.9 Å². The van der Waals surface area contributed by atoms with E-state index in [1.165, 1.54) is 16.7 Å². The maximum Gasteiger partial charge on any atom is 0.153 e. The van der Waals surface area contributed by atoms with Gasteiger partial charge in [0.2, 0.25) is 0 Å². The Labute approximate surface area is 106 Å². The maximum atomic E-state index is 11.0. The summed E-state index contributed by atoms with van der Waals surface area (Å²) in [6.45, 7) is 0. The molecule has 0 bridgehead atoms. The van der Waals surface area contributed by atoms with E-state index in [9.17, 15) is 5.11 Å². The highest BCUT2D eigenvalue weighted by Crippen LogP contribution is 2.33. The summed E-state index contributed by atoms with van der Waals surface area (Å²) in [5.41, 5.74) is 1.99. The third-order valence-electron chi connectivity index (χ3n) is 2.34. The van der Waals surface area contributed by atoms with Crippen LogP contribution in [0.15, 0.2) is 23.6 Å². The zero-order valence-electron chi connectivity index (χ0n) is 8.93. The SMILES string of the molecule is CNc1ccc2nc(-c3nc([O-])cs3)sc2c1. The predicted octanol–water partition coefficient (Wildman–Crippen LogP) is 2.54. The van der Waals surface area contributed by atoms with Gasteiger partial charge in [-0.2, -0.15) is 0 Å². The van der Waals surface area contributed by atoms with Gasteiger partial charge < -0.3 is 10.4 Å². The number of hydrogen-bond donors (Lipinski definition) is 1. The van der Waals surface area contributed by atoms with Gasteiger partial charge in [0.25, 0.3) is 0 Å². The number of hydrogen-bond acceptors (Lipinski definition) is 6. The minimum absolute atomic E-state index is 0.194. The Balaban J connectivity index is 2.13. The van der Waals surface area contributed by atoms with Gasteiger partial charge in [0.1, 0.15) is 0 Å². The number of rotatable bonds is 2. The van der Waals surface area contributed by atoms with Crippen LogP contribution in [0.25, 0.3) is 20.2 Å². The molecular weight excluding hydrogens is 254 g/mol. The summed E-state index contributed by atoms with van der Waals surface area (Å²) in [7, 11) is 1.88. The molecule has 0 atom stereocenters. The van der Waals surface area contributed by atoms with Crippen molar-refractivity contribution in [3.05, 3.63) is 23.6 Å². The van der Waals surface area contributed by atoms with Gasteiger partial charge in [0.05, 0.1) is 10.2 Å². The molecule has 6 heteroatoms. The predicted molar refractivity (Wildman–Crippen MR) is 69.7 cm³/mol. The highest BCUT2D eigenvalue weighted by Gasteiger charge is 2.08. The molecule has 0 unspecified atom stereocenters. The molecule has 1 aromatic carbocycles. The lowest BCUT2D eigenvalue weighted by Crippen LogP contribution is -1.87. The standard InChI is InChI=1S/C11H9N3OS2/c1-12-6-2-3-7-8(4-6)17-11(13-7)10-14-9(15)5-16-10/h2-5,12,15H,1H3/p-1. The summed E-state index contributed by atoms with van der Waals surface area (Å²) in [6, 6.07) is 5.99. The quantitative estimate of drug-likeness (QED) is 0.771. The fourth-order valence-electron chi connectivity index (χ4n) is 1.53. The molecule has 3 aromatic rings. The Morgan fingerprint density at radius 3 is 2.82 bits per heavy atom. The van der Waals surface area contributed by atoms with Crippen molar-refractivity contribution in [2.24, 2.45) is 0 Å². The summed E-state index contributed by atoms with van der Waals surface area (Å²) in [5.74, 6) is -0.194. The molecule has 4 nitrogen and oxygen atoms in total. The molecule has 0 saturated heterocycles. The van der Waals surface area contributed by atoms with Crippen LogP contribution >= 0.6 is 22.7 Å². The molecule has 2 aromatic heterocycles. The Morgan fingerprint density at radius 1 is 1.24 bits per heavy atom. The van der Waals surface area contributed by atoms with Crippen LogP contribution in [0, 0.1) is 0 Å². The Bertz CT molecular complexity index is 674. The van der Waals surface area contributed by atoms with Crippen molar-refractivity contribution in [1.29, 1.82) is 0 Å².